The van der Waals surface area contributed by atoms with Crippen molar-refractivity contribution in [1.29, 1.82) is 0 Å². The lowest BCUT2D eigenvalue weighted by Gasteiger charge is -2.48. The topological polar surface area (TPSA) is 150 Å². The fourth-order valence-electron chi connectivity index (χ4n) is 2.67. The molecule has 11 nitrogen and oxygen atoms in total. The molecule has 0 bridgehead atoms. The van der Waals surface area contributed by atoms with Gasteiger partial charge in [0.05, 0.1) is 5.03 Å². The minimum absolute atomic E-state index is 0.0333. The number of aliphatic carboxylic acids is 1. The molecule has 3 heterocycles. The molecule has 0 aromatic carbocycles. The number of rotatable bonds is 8. The highest BCUT2D eigenvalue weighted by molar-refractivity contribution is 8.00. The summed E-state index contributed by atoms with van der Waals surface area (Å²) in [4.78, 5) is 56.0. The molecule has 1 saturated heterocycles. The molecular weight excluding hydrogens is 503 g/mol. The molecule has 3 rings (SSSR count). The van der Waals surface area contributed by atoms with Crippen LogP contribution in [0, 0.1) is 0 Å². The van der Waals surface area contributed by atoms with Crippen molar-refractivity contribution in [1.82, 2.24) is 15.2 Å². The van der Waals surface area contributed by atoms with E-state index in [0.717, 1.165) is 28.0 Å². The van der Waals surface area contributed by atoms with Gasteiger partial charge in [-0.25, -0.2) is 9.78 Å². The van der Waals surface area contributed by atoms with Crippen molar-refractivity contribution in [2.45, 2.75) is 17.6 Å². The average molecular weight is 514 g/mol. The predicted octanol–water partition coefficient (Wildman–Crippen LogP) is 0.929. The van der Waals surface area contributed by atoms with E-state index in [-0.39, 0.29) is 21.6 Å². The average Bonchev–Trinajstić information content (AvgIpc) is 3.16. The Balaban J connectivity index is 1.80. The Hall–Kier alpha value is -2.85. The van der Waals surface area contributed by atoms with Gasteiger partial charge in [-0.3, -0.25) is 19.3 Å². The minimum atomic E-state index is -4.72. The van der Waals surface area contributed by atoms with Gasteiger partial charge < -0.3 is 20.6 Å². The van der Waals surface area contributed by atoms with Gasteiger partial charge in [0, 0.05) is 11.1 Å². The van der Waals surface area contributed by atoms with Crippen LogP contribution in [0.3, 0.4) is 0 Å². The van der Waals surface area contributed by atoms with Gasteiger partial charge in [-0.05, 0) is 0 Å². The molecule has 2 atom stereocenters. The number of hydrogen-bond donors (Lipinski definition) is 3. The first-order chi connectivity index (χ1) is 15.0. The summed E-state index contributed by atoms with van der Waals surface area (Å²) in [5, 5.41) is 17.4. The molecule has 17 heteroatoms. The highest BCUT2D eigenvalue weighted by atomic mass is 35.5. The zero-order chi connectivity index (χ0) is 23.6. The summed E-state index contributed by atoms with van der Waals surface area (Å²) in [7, 11) is 0. The van der Waals surface area contributed by atoms with Crippen LogP contribution in [0.15, 0.2) is 21.3 Å². The fraction of sp³-hybridized carbons (Fsp3) is 0.333. The van der Waals surface area contributed by atoms with Crippen molar-refractivity contribution in [3.8, 4) is 0 Å². The van der Waals surface area contributed by atoms with Gasteiger partial charge in [0.1, 0.15) is 22.8 Å². The maximum Gasteiger partial charge on any atom is 0.425 e. The third-order valence-electron chi connectivity index (χ3n) is 3.94. The molecule has 32 heavy (non-hydrogen) atoms. The number of carboxylic acids is 1. The lowest BCUT2D eigenvalue weighted by atomic mass is 10.0. The minimum Gasteiger partial charge on any atom is -0.477 e. The van der Waals surface area contributed by atoms with E-state index in [1.165, 1.54) is 5.38 Å². The molecule has 1 fully saturated rings. The van der Waals surface area contributed by atoms with Gasteiger partial charge in [0.2, 0.25) is 13.0 Å². The van der Waals surface area contributed by atoms with Gasteiger partial charge in [-0.15, -0.1) is 23.1 Å². The standard InChI is InChI=1S/C15H11ClF3N5O6S2/c16-5-1-31-12-8(11(27)24(12)9(5)13(28)29)22-10(26)7(23-30-3-15(17,18)19)6-2-32-14(21-6)20-4-25/h2,4,8,12H,1,3H2,(H,22,26)(H,28,29)(H,20,21,25)/b23-7-/t8?,12-/m1/s1. The summed E-state index contributed by atoms with van der Waals surface area (Å²) in [5.41, 5.74) is -1.30. The second-order valence-electron chi connectivity index (χ2n) is 6.05. The van der Waals surface area contributed by atoms with Crippen LogP contribution in [0.1, 0.15) is 5.69 Å². The smallest absolute Gasteiger partial charge is 0.425 e. The van der Waals surface area contributed by atoms with Crippen LogP contribution in [0.5, 0.6) is 0 Å². The number of carbonyl (C=O) groups excluding carboxylic acids is 3. The summed E-state index contributed by atoms with van der Waals surface area (Å²) in [6, 6.07) is -1.19. The van der Waals surface area contributed by atoms with Crippen molar-refractivity contribution < 1.29 is 42.3 Å². The zero-order valence-corrected chi connectivity index (χ0v) is 17.8. The zero-order valence-electron chi connectivity index (χ0n) is 15.4. The Labute approximate surface area is 189 Å². The molecule has 0 aliphatic carbocycles. The number of carboxylic acid groups (broad SMARTS) is 1. The van der Waals surface area contributed by atoms with Crippen molar-refractivity contribution in [3.63, 3.8) is 0 Å². The van der Waals surface area contributed by atoms with E-state index in [9.17, 15) is 37.5 Å². The van der Waals surface area contributed by atoms with Crippen LogP contribution in [-0.4, -0.2) is 74.8 Å². The number of oxime groups is 1. The summed E-state index contributed by atoms with van der Waals surface area (Å²) < 4.78 is 37.2. The lowest BCUT2D eigenvalue weighted by Crippen LogP contribution is -2.71. The summed E-state index contributed by atoms with van der Waals surface area (Å²) >= 11 is 7.83. The molecule has 1 aromatic rings. The number of carbonyl (C=O) groups is 4. The van der Waals surface area contributed by atoms with E-state index < -0.39 is 53.4 Å². The highest BCUT2D eigenvalue weighted by Crippen LogP contribution is 2.41. The number of nitrogens with one attached hydrogen (secondary N) is 2. The Morgan fingerprint density at radius 2 is 2.19 bits per heavy atom. The van der Waals surface area contributed by atoms with Crippen LogP contribution in [0.4, 0.5) is 18.3 Å². The second-order valence-corrected chi connectivity index (χ2v) is 8.47. The summed E-state index contributed by atoms with van der Waals surface area (Å²) in [6.45, 7) is -1.78. The first-order valence-electron chi connectivity index (χ1n) is 8.33. The number of β-lactam (4-membered cyclic amide) rings is 1. The van der Waals surface area contributed by atoms with Gasteiger partial charge in [-0.1, -0.05) is 16.8 Å². The van der Waals surface area contributed by atoms with E-state index in [1.54, 1.807) is 0 Å². The number of thiazole rings is 1. The first kappa shape index (κ1) is 23.8. The molecule has 0 saturated carbocycles. The molecule has 2 aliphatic rings. The number of anilines is 1. The van der Waals surface area contributed by atoms with Gasteiger partial charge in [-0.2, -0.15) is 13.2 Å². The van der Waals surface area contributed by atoms with Crippen molar-refractivity contribution in [2.24, 2.45) is 5.16 Å². The van der Waals surface area contributed by atoms with Crippen LogP contribution in [0.2, 0.25) is 0 Å². The van der Waals surface area contributed by atoms with Gasteiger partial charge in [0.15, 0.2) is 10.8 Å². The largest absolute Gasteiger partial charge is 0.477 e. The highest BCUT2D eigenvalue weighted by Gasteiger charge is 2.54. The van der Waals surface area contributed by atoms with E-state index in [1.807, 2.05) is 0 Å². The molecule has 0 radical (unpaired) electrons. The number of nitrogens with zero attached hydrogens (tertiary/aromatic N) is 3. The number of amides is 3. The summed E-state index contributed by atoms with van der Waals surface area (Å²) in [5.74, 6) is -3.21. The maximum absolute atomic E-state index is 12.7. The van der Waals surface area contributed by atoms with Gasteiger partial charge >= 0.3 is 12.1 Å². The van der Waals surface area contributed by atoms with E-state index in [2.05, 4.69) is 25.6 Å². The predicted molar refractivity (Wildman–Crippen MR) is 106 cm³/mol. The fourth-order valence-corrected chi connectivity index (χ4v) is 4.87. The maximum atomic E-state index is 12.7. The van der Waals surface area contributed by atoms with Crippen molar-refractivity contribution in [3.05, 3.63) is 21.8 Å². The normalized spacial score (nSPS) is 20.9. The molecular formula is C15H11ClF3N5O6S2. The van der Waals surface area contributed by atoms with Crippen LogP contribution < -0.4 is 10.6 Å². The SMILES string of the molecule is O=CNc1nc(/C(=N/OCC(F)(F)F)C(=O)NC2C(=O)N3C(C(=O)O)=C(Cl)CS[C@H]23)cs1. The van der Waals surface area contributed by atoms with Crippen LogP contribution >= 0.6 is 34.7 Å². The number of alkyl halides is 3. The molecule has 3 N–H and O–H groups in total. The molecule has 2 aliphatic heterocycles. The molecule has 172 valence electrons. The quantitative estimate of drug-likeness (QED) is 0.201. The van der Waals surface area contributed by atoms with Crippen LogP contribution in [0.25, 0.3) is 0 Å². The molecule has 3 amide bonds. The number of fused-ring (bicyclic) bond motifs is 1. The Morgan fingerprint density at radius 1 is 1.47 bits per heavy atom. The van der Waals surface area contributed by atoms with E-state index in [4.69, 9.17) is 11.6 Å². The van der Waals surface area contributed by atoms with E-state index in [0.29, 0.717) is 6.41 Å². The molecule has 0 spiro atoms. The monoisotopic (exact) mass is 513 g/mol. The van der Waals surface area contributed by atoms with Crippen LogP contribution in [-0.2, 0) is 24.0 Å². The summed E-state index contributed by atoms with van der Waals surface area (Å²) in [6.07, 6.45) is -4.42. The Bertz CT molecular complexity index is 1030. The first-order valence-corrected chi connectivity index (χ1v) is 10.6. The Kier molecular flexibility index (Phi) is 6.94. The number of halogens is 4. The Morgan fingerprint density at radius 3 is 2.81 bits per heavy atom. The van der Waals surface area contributed by atoms with Crippen molar-refractivity contribution >= 4 is 69.7 Å². The number of hydrogen-bond acceptors (Lipinski definition) is 9. The second kappa shape index (κ2) is 9.33. The van der Waals surface area contributed by atoms with Gasteiger partial charge in [0.25, 0.3) is 11.8 Å². The number of thioether (sulfide) groups is 1. The third-order valence-corrected chi connectivity index (χ3v) is 6.46. The van der Waals surface area contributed by atoms with Crippen molar-refractivity contribution in [2.75, 3.05) is 17.7 Å². The third kappa shape index (κ3) is 4.97. The van der Waals surface area contributed by atoms with E-state index >= 15 is 0 Å². The molecule has 1 unspecified atom stereocenters. The number of aromatic nitrogens is 1. The molecule has 1 aromatic heterocycles. The lowest BCUT2D eigenvalue weighted by molar-refractivity contribution is -0.174.